The summed E-state index contributed by atoms with van der Waals surface area (Å²) >= 11 is 1.76. The van der Waals surface area contributed by atoms with Gasteiger partial charge in [-0.25, -0.2) is 4.98 Å². The molecule has 0 amide bonds. The van der Waals surface area contributed by atoms with Gasteiger partial charge in [0.15, 0.2) is 0 Å². The Kier molecular flexibility index (Phi) is 5.83. The Bertz CT molecular complexity index is 273. The van der Waals surface area contributed by atoms with Crippen LogP contribution in [0.25, 0.3) is 0 Å². The normalized spacial score (nSPS) is 13.0. The molecule has 0 spiro atoms. The molecule has 3 nitrogen and oxygen atoms in total. The number of rotatable bonds is 7. The molecule has 0 aliphatic rings. The summed E-state index contributed by atoms with van der Waals surface area (Å²) in [6.07, 6.45) is 4.26. The Morgan fingerprint density at radius 2 is 2.40 bits per heavy atom. The summed E-state index contributed by atoms with van der Waals surface area (Å²) < 4.78 is 0. The largest absolute Gasteiger partial charge is 0.330 e. The molecule has 1 aromatic heterocycles. The maximum atomic E-state index is 5.47. The van der Waals surface area contributed by atoms with Gasteiger partial charge < -0.3 is 11.1 Å². The van der Waals surface area contributed by atoms with Gasteiger partial charge in [-0.15, -0.1) is 11.3 Å². The summed E-state index contributed by atoms with van der Waals surface area (Å²) in [5.74, 6) is 0.703. The third-order valence-corrected chi connectivity index (χ3v) is 3.25. The number of aromatic nitrogens is 1. The second-order valence-corrected chi connectivity index (χ2v) is 5.35. The standard InChI is InChI=1S/C11H21N3S/c1-9(4-3-5-12)6-13-8-11-14-7-10(2)15-11/h7,9,13H,3-6,8,12H2,1-2H3. The van der Waals surface area contributed by atoms with Crippen LogP contribution in [0.1, 0.15) is 29.7 Å². The number of thiazole rings is 1. The van der Waals surface area contributed by atoms with Gasteiger partial charge in [-0.05, 0) is 38.8 Å². The van der Waals surface area contributed by atoms with Gasteiger partial charge in [-0.2, -0.15) is 0 Å². The van der Waals surface area contributed by atoms with E-state index in [1.165, 1.54) is 16.3 Å². The van der Waals surface area contributed by atoms with Crippen molar-refractivity contribution in [1.82, 2.24) is 10.3 Å². The minimum atomic E-state index is 0.703. The van der Waals surface area contributed by atoms with E-state index in [4.69, 9.17) is 5.73 Å². The summed E-state index contributed by atoms with van der Waals surface area (Å²) in [5.41, 5.74) is 5.47. The van der Waals surface area contributed by atoms with E-state index in [-0.39, 0.29) is 0 Å². The predicted molar refractivity (Wildman–Crippen MR) is 66.0 cm³/mol. The molecule has 0 saturated heterocycles. The first kappa shape index (κ1) is 12.6. The van der Waals surface area contributed by atoms with Crippen LogP contribution in [0.2, 0.25) is 0 Å². The summed E-state index contributed by atoms with van der Waals surface area (Å²) in [4.78, 5) is 5.59. The Hall–Kier alpha value is -0.450. The fourth-order valence-corrected chi connectivity index (χ4v) is 2.23. The molecule has 1 aromatic rings. The molecule has 0 aliphatic heterocycles. The van der Waals surface area contributed by atoms with Crippen molar-refractivity contribution >= 4 is 11.3 Å². The van der Waals surface area contributed by atoms with E-state index >= 15 is 0 Å². The van der Waals surface area contributed by atoms with Crippen molar-refractivity contribution in [2.24, 2.45) is 11.7 Å². The molecular weight excluding hydrogens is 206 g/mol. The minimum Gasteiger partial charge on any atom is -0.330 e. The predicted octanol–water partition coefficient (Wildman–Crippen LogP) is 1.92. The van der Waals surface area contributed by atoms with E-state index in [0.29, 0.717) is 5.92 Å². The highest BCUT2D eigenvalue weighted by Crippen LogP contribution is 2.10. The van der Waals surface area contributed by atoms with Crippen molar-refractivity contribution in [1.29, 1.82) is 0 Å². The maximum Gasteiger partial charge on any atom is 0.107 e. The number of nitrogens with two attached hydrogens (primary N) is 1. The first-order valence-electron chi connectivity index (χ1n) is 5.54. The van der Waals surface area contributed by atoms with E-state index in [1.807, 2.05) is 6.20 Å². The van der Waals surface area contributed by atoms with E-state index in [2.05, 4.69) is 24.1 Å². The minimum absolute atomic E-state index is 0.703. The fraction of sp³-hybridized carbons (Fsp3) is 0.727. The second kappa shape index (κ2) is 6.93. The van der Waals surface area contributed by atoms with E-state index in [1.54, 1.807) is 11.3 Å². The van der Waals surface area contributed by atoms with Crippen LogP contribution in [-0.2, 0) is 6.54 Å². The zero-order valence-electron chi connectivity index (χ0n) is 9.62. The molecule has 1 unspecified atom stereocenters. The lowest BCUT2D eigenvalue weighted by molar-refractivity contribution is 0.469. The van der Waals surface area contributed by atoms with Crippen LogP contribution in [0.4, 0.5) is 0 Å². The first-order valence-corrected chi connectivity index (χ1v) is 6.36. The lowest BCUT2D eigenvalue weighted by atomic mass is 10.1. The monoisotopic (exact) mass is 227 g/mol. The SMILES string of the molecule is Cc1cnc(CNCC(C)CCCN)s1. The van der Waals surface area contributed by atoms with Gasteiger partial charge in [-0.1, -0.05) is 6.92 Å². The van der Waals surface area contributed by atoms with Crippen molar-refractivity contribution < 1.29 is 0 Å². The number of nitrogens with zero attached hydrogens (tertiary/aromatic N) is 1. The van der Waals surface area contributed by atoms with Crippen LogP contribution in [0, 0.1) is 12.8 Å². The summed E-state index contributed by atoms with van der Waals surface area (Å²) in [7, 11) is 0. The molecule has 0 aromatic carbocycles. The van der Waals surface area contributed by atoms with E-state index < -0.39 is 0 Å². The third-order valence-electron chi connectivity index (χ3n) is 2.34. The van der Waals surface area contributed by atoms with Crippen LogP contribution in [0.15, 0.2) is 6.20 Å². The second-order valence-electron chi connectivity index (χ2n) is 4.03. The van der Waals surface area contributed by atoms with Gasteiger partial charge in [0.05, 0.1) is 0 Å². The zero-order valence-corrected chi connectivity index (χ0v) is 10.4. The van der Waals surface area contributed by atoms with Crippen molar-refractivity contribution in [3.8, 4) is 0 Å². The molecule has 0 saturated carbocycles. The fourth-order valence-electron chi connectivity index (χ4n) is 1.48. The third kappa shape index (κ3) is 5.25. The van der Waals surface area contributed by atoms with Crippen molar-refractivity contribution in [2.75, 3.05) is 13.1 Å². The molecular formula is C11H21N3S. The highest BCUT2D eigenvalue weighted by atomic mass is 32.1. The van der Waals surface area contributed by atoms with Gasteiger partial charge in [-0.3, -0.25) is 0 Å². The van der Waals surface area contributed by atoms with Gasteiger partial charge in [0.25, 0.3) is 0 Å². The molecule has 0 fully saturated rings. The molecule has 1 heterocycles. The molecule has 15 heavy (non-hydrogen) atoms. The summed E-state index contributed by atoms with van der Waals surface area (Å²) in [6, 6.07) is 0. The zero-order chi connectivity index (χ0) is 11.1. The molecule has 1 rings (SSSR count). The molecule has 0 bridgehead atoms. The van der Waals surface area contributed by atoms with Crippen molar-refractivity contribution in [2.45, 2.75) is 33.2 Å². The molecule has 86 valence electrons. The van der Waals surface area contributed by atoms with Crippen LogP contribution in [0.3, 0.4) is 0 Å². The van der Waals surface area contributed by atoms with Crippen LogP contribution < -0.4 is 11.1 Å². The van der Waals surface area contributed by atoms with Gasteiger partial charge in [0, 0.05) is 17.6 Å². The Morgan fingerprint density at radius 3 is 3.00 bits per heavy atom. The number of hydrogen-bond acceptors (Lipinski definition) is 4. The Balaban J connectivity index is 2.10. The molecule has 0 aliphatic carbocycles. The van der Waals surface area contributed by atoms with E-state index in [0.717, 1.165) is 26.1 Å². The Labute approximate surface area is 96.1 Å². The number of hydrogen-bond donors (Lipinski definition) is 2. The highest BCUT2D eigenvalue weighted by molar-refractivity contribution is 7.11. The molecule has 1 atom stereocenters. The van der Waals surface area contributed by atoms with Gasteiger partial charge in [0.1, 0.15) is 5.01 Å². The number of aryl methyl sites for hydroxylation is 1. The molecule has 4 heteroatoms. The summed E-state index contributed by atoms with van der Waals surface area (Å²) in [5, 5.41) is 4.61. The van der Waals surface area contributed by atoms with Crippen LogP contribution >= 0.6 is 11.3 Å². The van der Waals surface area contributed by atoms with E-state index in [9.17, 15) is 0 Å². The highest BCUT2D eigenvalue weighted by Gasteiger charge is 2.02. The maximum absolute atomic E-state index is 5.47. The topological polar surface area (TPSA) is 50.9 Å². The average molecular weight is 227 g/mol. The smallest absolute Gasteiger partial charge is 0.107 e. The summed E-state index contributed by atoms with van der Waals surface area (Å²) in [6.45, 7) is 7.10. The van der Waals surface area contributed by atoms with Crippen LogP contribution in [-0.4, -0.2) is 18.1 Å². The average Bonchev–Trinajstić information content (AvgIpc) is 2.61. The first-order chi connectivity index (χ1) is 7.22. The lowest BCUT2D eigenvalue weighted by Crippen LogP contribution is -2.21. The van der Waals surface area contributed by atoms with Crippen LogP contribution in [0.5, 0.6) is 0 Å². The molecule has 0 radical (unpaired) electrons. The van der Waals surface area contributed by atoms with Gasteiger partial charge >= 0.3 is 0 Å². The number of nitrogens with one attached hydrogen (secondary N) is 1. The Morgan fingerprint density at radius 1 is 1.60 bits per heavy atom. The molecule has 3 N–H and O–H groups in total. The van der Waals surface area contributed by atoms with Crippen molar-refractivity contribution in [3.05, 3.63) is 16.1 Å². The van der Waals surface area contributed by atoms with Gasteiger partial charge in [0.2, 0.25) is 0 Å². The van der Waals surface area contributed by atoms with Crippen molar-refractivity contribution in [3.63, 3.8) is 0 Å². The quantitative estimate of drug-likeness (QED) is 0.748. The lowest BCUT2D eigenvalue weighted by Gasteiger charge is -2.10.